The van der Waals surface area contributed by atoms with E-state index in [4.69, 9.17) is 4.74 Å². The van der Waals surface area contributed by atoms with Crippen LogP contribution in [-0.4, -0.2) is 31.1 Å². The Kier molecular flexibility index (Phi) is 9.39. The average molecular weight is 346 g/mol. The van der Waals surface area contributed by atoms with Gasteiger partial charge in [0, 0.05) is 6.54 Å². The molecule has 2 fully saturated rings. The molecule has 1 saturated heterocycles. The average Bonchev–Trinajstić information content (AvgIpc) is 3.48. The Bertz CT molecular complexity index is 475. The van der Waals surface area contributed by atoms with Crippen LogP contribution in [0.5, 0.6) is 5.75 Å². The third-order valence-corrected chi connectivity index (χ3v) is 5.45. The highest BCUT2D eigenvalue weighted by Crippen LogP contribution is 2.34. The molecule has 1 aliphatic carbocycles. The minimum atomic E-state index is 0.824. The molecule has 2 aliphatic rings. The Labute approximate surface area is 156 Å². The number of hydrogen-bond acceptors (Lipinski definition) is 2. The van der Waals surface area contributed by atoms with Crippen molar-refractivity contribution in [1.82, 2.24) is 4.90 Å². The van der Waals surface area contributed by atoms with E-state index in [0.29, 0.717) is 0 Å². The summed E-state index contributed by atoms with van der Waals surface area (Å²) in [5.74, 6) is 2.13. The molecule has 0 amide bonds. The number of benzene rings is 1. The SMILES string of the molecule is CC.Cc1ccc(OCCN2CCCCC2)cc1CCCCC1CC1. The van der Waals surface area contributed by atoms with Crippen LogP contribution in [-0.2, 0) is 6.42 Å². The maximum atomic E-state index is 6.02. The number of unbranched alkanes of at least 4 members (excludes halogenated alkanes) is 1. The van der Waals surface area contributed by atoms with Crippen LogP contribution in [0, 0.1) is 12.8 Å². The summed E-state index contributed by atoms with van der Waals surface area (Å²) in [5, 5.41) is 0. The van der Waals surface area contributed by atoms with E-state index in [1.165, 1.54) is 82.0 Å². The summed E-state index contributed by atoms with van der Waals surface area (Å²) >= 11 is 0. The van der Waals surface area contributed by atoms with Crippen LogP contribution >= 0.6 is 0 Å². The maximum absolute atomic E-state index is 6.02. The van der Waals surface area contributed by atoms with Gasteiger partial charge in [-0.15, -0.1) is 0 Å². The number of ether oxygens (including phenoxy) is 1. The predicted octanol–water partition coefficient (Wildman–Crippen LogP) is 6.01. The highest BCUT2D eigenvalue weighted by atomic mass is 16.5. The first-order valence-electron chi connectivity index (χ1n) is 10.8. The van der Waals surface area contributed by atoms with Gasteiger partial charge >= 0.3 is 0 Å². The van der Waals surface area contributed by atoms with E-state index in [9.17, 15) is 0 Å². The van der Waals surface area contributed by atoms with Gasteiger partial charge in [-0.1, -0.05) is 52.0 Å². The molecule has 0 spiro atoms. The topological polar surface area (TPSA) is 12.5 Å². The normalized spacial score (nSPS) is 17.7. The van der Waals surface area contributed by atoms with E-state index in [-0.39, 0.29) is 0 Å². The number of rotatable bonds is 9. The standard InChI is InChI=1S/C21H33NO.C2H6/c1-18-9-12-21(23-16-15-22-13-5-2-6-14-22)17-20(18)8-4-3-7-19-10-11-19;1-2/h9,12,17,19H,2-8,10-11,13-16H2,1H3;1-2H3. The van der Waals surface area contributed by atoms with E-state index in [0.717, 1.165) is 24.8 Å². The number of piperidine rings is 1. The molecule has 3 rings (SSSR count). The zero-order valence-corrected chi connectivity index (χ0v) is 16.9. The van der Waals surface area contributed by atoms with Gasteiger partial charge in [0.2, 0.25) is 0 Å². The highest BCUT2D eigenvalue weighted by Gasteiger charge is 2.20. The van der Waals surface area contributed by atoms with Gasteiger partial charge < -0.3 is 4.74 Å². The fourth-order valence-electron chi connectivity index (χ4n) is 3.64. The molecule has 2 heteroatoms. The fraction of sp³-hybridized carbons (Fsp3) is 0.739. The van der Waals surface area contributed by atoms with Gasteiger partial charge in [0.15, 0.2) is 0 Å². The maximum Gasteiger partial charge on any atom is 0.119 e. The Morgan fingerprint density at radius 3 is 2.52 bits per heavy atom. The fourth-order valence-corrected chi connectivity index (χ4v) is 3.64. The van der Waals surface area contributed by atoms with E-state index >= 15 is 0 Å². The molecule has 1 aliphatic heterocycles. The molecule has 142 valence electrons. The van der Waals surface area contributed by atoms with Gasteiger partial charge in [-0.2, -0.15) is 0 Å². The summed E-state index contributed by atoms with van der Waals surface area (Å²) in [7, 11) is 0. The van der Waals surface area contributed by atoms with Crippen molar-refractivity contribution in [3.8, 4) is 5.75 Å². The summed E-state index contributed by atoms with van der Waals surface area (Å²) in [6, 6.07) is 6.65. The molecule has 1 saturated carbocycles. The van der Waals surface area contributed by atoms with Crippen LogP contribution in [0.15, 0.2) is 18.2 Å². The number of nitrogens with zero attached hydrogens (tertiary/aromatic N) is 1. The first kappa shape index (κ1) is 20.3. The van der Waals surface area contributed by atoms with Gasteiger partial charge in [0.05, 0.1) is 0 Å². The molecule has 2 nitrogen and oxygen atoms in total. The van der Waals surface area contributed by atoms with Gasteiger partial charge in [-0.3, -0.25) is 4.90 Å². The summed E-state index contributed by atoms with van der Waals surface area (Å²) in [6.07, 6.45) is 12.5. The van der Waals surface area contributed by atoms with Crippen molar-refractivity contribution in [2.45, 2.75) is 78.6 Å². The summed E-state index contributed by atoms with van der Waals surface area (Å²) < 4.78 is 6.02. The Morgan fingerprint density at radius 2 is 1.80 bits per heavy atom. The van der Waals surface area contributed by atoms with Crippen LogP contribution in [0.1, 0.15) is 76.3 Å². The third kappa shape index (κ3) is 7.81. The Balaban J connectivity index is 0.00000109. The van der Waals surface area contributed by atoms with Crippen molar-refractivity contribution in [1.29, 1.82) is 0 Å². The first-order valence-corrected chi connectivity index (χ1v) is 10.8. The third-order valence-electron chi connectivity index (χ3n) is 5.45. The number of likely N-dealkylation sites (tertiary alicyclic amines) is 1. The number of hydrogen-bond donors (Lipinski definition) is 0. The second-order valence-electron chi connectivity index (χ2n) is 7.53. The quantitative estimate of drug-likeness (QED) is 0.508. The second-order valence-corrected chi connectivity index (χ2v) is 7.53. The molecular weight excluding hydrogens is 306 g/mol. The van der Waals surface area contributed by atoms with Crippen LogP contribution in [0.25, 0.3) is 0 Å². The highest BCUT2D eigenvalue weighted by molar-refractivity contribution is 5.35. The second kappa shape index (κ2) is 11.6. The van der Waals surface area contributed by atoms with Crippen LogP contribution in [0.3, 0.4) is 0 Å². The molecule has 25 heavy (non-hydrogen) atoms. The molecule has 1 heterocycles. The van der Waals surface area contributed by atoms with Gasteiger partial charge in [-0.05, 0) is 74.9 Å². The summed E-state index contributed by atoms with van der Waals surface area (Å²) in [4.78, 5) is 2.54. The minimum Gasteiger partial charge on any atom is -0.492 e. The molecule has 0 radical (unpaired) electrons. The predicted molar refractivity (Wildman–Crippen MR) is 109 cm³/mol. The van der Waals surface area contributed by atoms with E-state index in [1.807, 2.05) is 13.8 Å². The lowest BCUT2D eigenvalue weighted by molar-refractivity contribution is 0.183. The van der Waals surface area contributed by atoms with Gasteiger partial charge in [0.25, 0.3) is 0 Å². The molecule has 0 aromatic heterocycles. The van der Waals surface area contributed by atoms with Crippen molar-refractivity contribution < 1.29 is 4.74 Å². The molecule has 1 aromatic carbocycles. The molecule has 0 N–H and O–H groups in total. The Hall–Kier alpha value is -1.02. The lowest BCUT2D eigenvalue weighted by Crippen LogP contribution is -2.33. The van der Waals surface area contributed by atoms with Crippen molar-refractivity contribution in [2.24, 2.45) is 5.92 Å². The van der Waals surface area contributed by atoms with Crippen LogP contribution < -0.4 is 4.74 Å². The van der Waals surface area contributed by atoms with Crippen LogP contribution in [0.2, 0.25) is 0 Å². The molecular formula is C23H39NO. The van der Waals surface area contributed by atoms with E-state index in [2.05, 4.69) is 30.0 Å². The minimum absolute atomic E-state index is 0.824. The van der Waals surface area contributed by atoms with Gasteiger partial charge in [-0.25, -0.2) is 0 Å². The largest absolute Gasteiger partial charge is 0.492 e. The van der Waals surface area contributed by atoms with Crippen molar-refractivity contribution in [2.75, 3.05) is 26.2 Å². The van der Waals surface area contributed by atoms with E-state index in [1.54, 1.807) is 0 Å². The smallest absolute Gasteiger partial charge is 0.119 e. The van der Waals surface area contributed by atoms with Crippen molar-refractivity contribution in [3.63, 3.8) is 0 Å². The zero-order valence-electron chi connectivity index (χ0n) is 16.9. The monoisotopic (exact) mass is 345 g/mol. The zero-order chi connectivity index (χ0) is 17.9. The summed E-state index contributed by atoms with van der Waals surface area (Å²) in [6.45, 7) is 10.6. The van der Waals surface area contributed by atoms with E-state index < -0.39 is 0 Å². The molecule has 0 bridgehead atoms. The molecule has 0 atom stereocenters. The van der Waals surface area contributed by atoms with Crippen molar-refractivity contribution >= 4 is 0 Å². The first-order chi connectivity index (χ1) is 12.3. The lowest BCUT2D eigenvalue weighted by atomic mass is 10.0. The molecule has 1 aromatic rings. The number of aryl methyl sites for hydroxylation is 2. The van der Waals surface area contributed by atoms with Crippen molar-refractivity contribution in [3.05, 3.63) is 29.3 Å². The van der Waals surface area contributed by atoms with Gasteiger partial charge in [0.1, 0.15) is 12.4 Å². The summed E-state index contributed by atoms with van der Waals surface area (Å²) in [5.41, 5.74) is 2.90. The molecule has 0 unspecified atom stereocenters. The lowest BCUT2D eigenvalue weighted by Gasteiger charge is -2.26. The Morgan fingerprint density at radius 1 is 1.04 bits per heavy atom. The van der Waals surface area contributed by atoms with Crippen LogP contribution in [0.4, 0.5) is 0 Å².